The van der Waals surface area contributed by atoms with Gasteiger partial charge < -0.3 is 18.3 Å². The first kappa shape index (κ1) is 24.5. The zero-order valence-corrected chi connectivity index (χ0v) is 24.8. The quantitative estimate of drug-likeness (QED) is 0.200. The van der Waals surface area contributed by atoms with Crippen molar-refractivity contribution in [2.75, 3.05) is 0 Å². The average molecular weight is 594 g/mol. The number of aliphatic imine (C=N–C) groups is 1. The summed E-state index contributed by atoms with van der Waals surface area (Å²) in [7, 11) is 0. The second-order valence-electron chi connectivity index (χ2n) is 12.6. The first-order valence-electron chi connectivity index (χ1n) is 16.0. The van der Waals surface area contributed by atoms with Gasteiger partial charge in [0.1, 0.15) is 17.6 Å². The van der Waals surface area contributed by atoms with Gasteiger partial charge in [-0.3, -0.25) is 4.99 Å². The molecular formula is C41H27N3O2. The van der Waals surface area contributed by atoms with Crippen molar-refractivity contribution in [3.8, 4) is 11.4 Å². The average Bonchev–Trinajstić information content (AvgIpc) is 3.85. The summed E-state index contributed by atoms with van der Waals surface area (Å²) in [6, 6.07) is 41.2. The minimum absolute atomic E-state index is 0.0974. The fourth-order valence-corrected chi connectivity index (χ4v) is 8.30. The van der Waals surface area contributed by atoms with Crippen molar-refractivity contribution in [1.29, 1.82) is 0 Å². The molecule has 0 fully saturated rings. The van der Waals surface area contributed by atoms with Crippen LogP contribution in [0.2, 0.25) is 0 Å². The molecule has 2 aliphatic heterocycles. The van der Waals surface area contributed by atoms with Crippen molar-refractivity contribution < 1.29 is 9.15 Å². The molecule has 5 aromatic carbocycles. The first-order valence-corrected chi connectivity index (χ1v) is 16.0. The molecule has 0 saturated carbocycles. The van der Waals surface area contributed by atoms with Gasteiger partial charge in [-0.25, -0.2) is 0 Å². The van der Waals surface area contributed by atoms with E-state index >= 15 is 0 Å². The molecule has 5 heteroatoms. The van der Waals surface area contributed by atoms with Crippen LogP contribution in [0.15, 0.2) is 131 Å². The Hall–Kier alpha value is -5.81. The van der Waals surface area contributed by atoms with Gasteiger partial charge in [-0.1, -0.05) is 91.0 Å². The maximum Gasteiger partial charge on any atom is 0.155 e. The summed E-state index contributed by atoms with van der Waals surface area (Å²) in [6.07, 6.45) is 7.06. The Kier molecular flexibility index (Phi) is 4.73. The SMILES string of the molecule is C1=CC(n2c3ccccc3c3ccccc32)Cc2oc3c(c21)C1Oc2cc(-n4c5ccccc5c5ccccc54)ccc2C1N=C3. The Morgan fingerprint density at radius 3 is 1.96 bits per heavy atom. The highest BCUT2D eigenvalue weighted by Crippen LogP contribution is 2.53. The summed E-state index contributed by atoms with van der Waals surface area (Å²) >= 11 is 0. The lowest BCUT2D eigenvalue weighted by Gasteiger charge is -2.22. The lowest BCUT2D eigenvalue weighted by Crippen LogP contribution is -2.16. The van der Waals surface area contributed by atoms with E-state index in [1.54, 1.807) is 0 Å². The maximum atomic E-state index is 6.81. The third-order valence-electron chi connectivity index (χ3n) is 10.2. The van der Waals surface area contributed by atoms with Crippen LogP contribution >= 0.6 is 0 Å². The van der Waals surface area contributed by atoms with E-state index < -0.39 is 0 Å². The molecular weight excluding hydrogens is 566 g/mol. The van der Waals surface area contributed by atoms with E-state index in [1.165, 1.54) is 43.6 Å². The molecule has 5 heterocycles. The van der Waals surface area contributed by atoms with Gasteiger partial charge in [0, 0.05) is 67.4 Å². The third kappa shape index (κ3) is 3.16. The largest absolute Gasteiger partial charge is 0.482 e. The number of aromatic nitrogens is 2. The van der Waals surface area contributed by atoms with Gasteiger partial charge in [0.25, 0.3) is 0 Å². The van der Waals surface area contributed by atoms with E-state index in [9.17, 15) is 0 Å². The Balaban J connectivity index is 0.986. The molecule has 0 bridgehead atoms. The van der Waals surface area contributed by atoms with Crippen molar-refractivity contribution in [3.05, 3.63) is 150 Å². The number of rotatable bonds is 2. The first-order chi connectivity index (χ1) is 22.8. The highest BCUT2D eigenvalue weighted by atomic mass is 16.5. The summed E-state index contributed by atoms with van der Waals surface area (Å²) < 4.78 is 18.2. The predicted molar refractivity (Wildman–Crippen MR) is 184 cm³/mol. The number of ether oxygens (including phenoxy) is 1. The summed E-state index contributed by atoms with van der Waals surface area (Å²) in [5.41, 5.74) is 9.32. The molecule has 3 unspecified atom stereocenters. The second kappa shape index (κ2) is 8.89. The monoisotopic (exact) mass is 593 g/mol. The summed E-state index contributed by atoms with van der Waals surface area (Å²) in [5, 5.41) is 5.06. The van der Waals surface area contributed by atoms with Crippen LogP contribution in [-0.2, 0) is 6.42 Å². The summed E-state index contributed by atoms with van der Waals surface area (Å²) in [5.74, 6) is 2.70. The Labute approximate surface area is 264 Å². The maximum absolute atomic E-state index is 6.81. The molecule has 5 nitrogen and oxygen atoms in total. The number of para-hydroxylation sites is 4. The van der Waals surface area contributed by atoms with Crippen molar-refractivity contribution in [2.45, 2.75) is 24.6 Å². The van der Waals surface area contributed by atoms with Gasteiger partial charge >= 0.3 is 0 Å². The standard InChI is InChI=1S/C41H27N3O2/c1-5-13-32-26(9-1)27-10-2-6-14-33(27)43(32)24-17-19-30-36(21-24)45-38-23-42-40-31-20-18-25(22-37(31)46-41(40)39(30)38)44-34-15-7-3-11-28(34)29-12-4-8-16-35(29)44/h1-20,22-24,40-41H,21H2. The number of furan rings is 1. The highest BCUT2D eigenvalue weighted by Gasteiger charge is 2.43. The van der Waals surface area contributed by atoms with Gasteiger partial charge in [0.15, 0.2) is 11.9 Å². The molecule has 0 spiro atoms. The number of fused-ring (bicyclic) bond motifs is 13. The van der Waals surface area contributed by atoms with E-state index in [0.717, 1.165) is 46.1 Å². The molecule has 3 aliphatic rings. The number of hydrogen-bond donors (Lipinski definition) is 0. The van der Waals surface area contributed by atoms with Crippen LogP contribution < -0.4 is 4.74 Å². The van der Waals surface area contributed by atoms with Crippen LogP contribution in [0.25, 0.3) is 55.4 Å². The fourth-order valence-electron chi connectivity index (χ4n) is 8.30. The summed E-state index contributed by atoms with van der Waals surface area (Å²) in [4.78, 5) is 4.98. The van der Waals surface area contributed by atoms with Gasteiger partial charge in [-0.15, -0.1) is 0 Å². The van der Waals surface area contributed by atoms with Crippen LogP contribution in [0.1, 0.15) is 46.4 Å². The minimum atomic E-state index is -0.217. The fraction of sp³-hybridized carbons (Fsp3) is 0.0976. The van der Waals surface area contributed by atoms with Crippen LogP contribution in [0.4, 0.5) is 0 Å². The van der Waals surface area contributed by atoms with Crippen molar-refractivity contribution in [2.24, 2.45) is 4.99 Å². The molecule has 0 saturated heterocycles. The van der Waals surface area contributed by atoms with Gasteiger partial charge in [0.05, 0.1) is 23.3 Å². The van der Waals surface area contributed by atoms with Crippen LogP contribution in [0, 0.1) is 0 Å². The van der Waals surface area contributed by atoms with Gasteiger partial charge in [0.2, 0.25) is 0 Å². The Morgan fingerprint density at radius 1 is 0.674 bits per heavy atom. The van der Waals surface area contributed by atoms with E-state index in [-0.39, 0.29) is 18.2 Å². The topological polar surface area (TPSA) is 44.6 Å². The number of hydrogen-bond acceptors (Lipinski definition) is 3. The molecule has 218 valence electrons. The van der Waals surface area contributed by atoms with Crippen molar-refractivity contribution in [3.63, 3.8) is 0 Å². The van der Waals surface area contributed by atoms with Crippen molar-refractivity contribution >= 4 is 55.9 Å². The van der Waals surface area contributed by atoms with Crippen molar-refractivity contribution in [1.82, 2.24) is 9.13 Å². The molecule has 0 radical (unpaired) electrons. The molecule has 0 N–H and O–H groups in total. The molecule has 46 heavy (non-hydrogen) atoms. The Morgan fingerprint density at radius 2 is 1.28 bits per heavy atom. The zero-order chi connectivity index (χ0) is 29.9. The second-order valence-corrected chi connectivity index (χ2v) is 12.6. The zero-order valence-electron chi connectivity index (χ0n) is 24.8. The Bertz CT molecular complexity index is 2520. The lowest BCUT2D eigenvalue weighted by molar-refractivity contribution is 0.208. The van der Waals surface area contributed by atoms with E-state index in [1.807, 2.05) is 6.21 Å². The molecule has 1 aliphatic carbocycles. The normalized spacial score (nSPS) is 19.4. The number of benzene rings is 5. The molecule has 8 aromatic rings. The van der Waals surface area contributed by atoms with Gasteiger partial charge in [-0.05, 0) is 30.3 Å². The highest BCUT2D eigenvalue weighted by molar-refractivity contribution is 6.09. The minimum Gasteiger partial charge on any atom is -0.482 e. The van der Waals surface area contributed by atoms with E-state index in [0.29, 0.717) is 0 Å². The number of allylic oxidation sites excluding steroid dienone is 1. The third-order valence-corrected chi connectivity index (χ3v) is 10.2. The van der Waals surface area contributed by atoms with Crippen LogP contribution in [-0.4, -0.2) is 15.3 Å². The van der Waals surface area contributed by atoms with E-state index in [4.69, 9.17) is 14.1 Å². The van der Waals surface area contributed by atoms with Gasteiger partial charge in [-0.2, -0.15) is 0 Å². The smallest absolute Gasteiger partial charge is 0.155 e. The predicted octanol–water partition coefficient (Wildman–Crippen LogP) is 9.90. The lowest BCUT2D eigenvalue weighted by atomic mass is 9.90. The molecule has 3 aromatic heterocycles. The number of nitrogens with zero attached hydrogens (tertiary/aromatic N) is 3. The molecule has 11 rings (SSSR count). The van der Waals surface area contributed by atoms with Crippen LogP contribution in [0.3, 0.4) is 0 Å². The summed E-state index contributed by atoms with van der Waals surface area (Å²) in [6.45, 7) is 0. The van der Waals surface area contributed by atoms with Crippen LogP contribution in [0.5, 0.6) is 5.75 Å². The molecule has 3 atom stereocenters. The van der Waals surface area contributed by atoms with E-state index in [2.05, 4.69) is 137 Å². The molecule has 0 amide bonds.